The van der Waals surface area contributed by atoms with E-state index in [-0.39, 0.29) is 0 Å². The zero-order valence-electron chi connectivity index (χ0n) is 4.91. The average Bonchev–Trinajstić information content (AvgIpc) is 1.81. The summed E-state index contributed by atoms with van der Waals surface area (Å²) in [6.07, 6.45) is -1.65. The first-order valence-electron chi connectivity index (χ1n) is 2.35. The minimum absolute atomic E-state index is 1.25. The van der Waals surface area contributed by atoms with Gasteiger partial charge in [-0.2, -0.15) is 0 Å². The van der Waals surface area contributed by atoms with Crippen LogP contribution in [0.1, 0.15) is 0 Å². The fourth-order valence-electron chi connectivity index (χ4n) is 0.292. The van der Waals surface area contributed by atoms with Crippen LogP contribution >= 0.6 is 7.82 Å². The molecule has 0 fully saturated rings. The van der Waals surface area contributed by atoms with E-state index in [9.17, 15) is 13.3 Å². The van der Waals surface area contributed by atoms with Gasteiger partial charge in [0, 0.05) is 0 Å². The van der Waals surface area contributed by atoms with Crippen molar-refractivity contribution in [2.75, 3.05) is 13.3 Å². The first kappa shape index (κ1) is 9.97. The minimum Gasteiger partial charge on any atom is -0.303 e. The van der Waals surface area contributed by atoms with Crippen LogP contribution in [0.4, 0.5) is 8.78 Å². The lowest BCUT2D eigenvalue weighted by Gasteiger charge is -2.10. The molecule has 2 N–H and O–H groups in total. The van der Waals surface area contributed by atoms with Gasteiger partial charge in [0.15, 0.2) is 0 Å². The molecule has 10 heavy (non-hydrogen) atoms. The van der Waals surface area contributed by atoms with E-state index in [2.05, 4.69) is 4.52 Å². The highest BCUT2D eigenvalue weighted by atomic mass is 31.2. The molecule has 0 bridgehead atoms. The number of hydrogen-bond donors (Lipinski definition) is 2. The molecule has 0 atom stereocenters. The molecule has 0 heterocycles. The maximum atomic E-state index is 11.5. The predicted molar refractivity (Wildman–Crippen MR) is 28.9 cm³/mol. The molecule has 0 aromatic carbocycles. The molecular formula is C3H7F2O4P. The van der Waals surface area contributed by atoms with Crippen molar-refractivity contribution in [2.45, 2.75) is 6.10 Å². The van der Waals surface area contributed by atoms with E-state index in [1.54, 1.807) is 0 Å². The number of phosphoric ester groups is 1. The Kier molecular flexibility index (Phi) is 3.96. The Morgan fingerprint density at radius 2 is 1.80 bits per heavy atom. The van der Waals surface area contributed by atoms with E-state index in [1.807, 2.05) is 0 Å². The van der Waals surface area contributed by atoms with Crippen molar-refractivity contribution >= 4 is 7.82 Å². The van der Waals surface area contributed by atoms with Crippen LogP contribution in [0, 0.1) is 0 Å². The third-order valence-electron chi connectivity index (χ3n) is 0.631. The zero-order valence-corrected chi connectivity index (χ0v) is 5.80. The van der Waals surface area contributed by atoms with E-state index in [0.717, 1.165) is 0 Å². The molecule has 0 spiro atoms. The Labute approximate surface area is 56.1 Å². The fraction of sp³-hybridized carbons (Fsp3) is 1.00. The van der Waals surface area contributed by atoms with Crippen molar-refractivity contribution in [1.29, 1.82) is 0 Å². The van der Waals surface area contributed by atoms with Crippen molar-refractivity contribution < 1.29 is 27.7 Å². The highest BCUT2D eigenvalue weighted by molar-refractivity contribution is 7.46. The van der Waals surface area contributed by atoms with Gasteiger partial charge in [-0.25, -0.2) is 13.3 Å². The van der Waals surface area contributed by atoms with Gasteiger partial charge in [0.25, 0.3) is 0 Å². The Morgan fingerprint density at radius 3 is 1.90 bits per heavy atom. The highest BCUT2D eigenvalue weighted by Gasteiger charge is 2.21. The summed E-state index contributed by atoms with van der Waals surface area (Å²) >= 11 is 0. The van der Waals surface area contributed by atoms with Crippen LogP contribution < -0.4 is 0 Å². The van der Waals surface area contributed by atoms with Gasteiger partial charge in [-0.1, -0.05) is 0 Å². The summed E-state index contributed by atoms with van der Waals surface area (Å²) in [6.45, 7) is -2.50. The topological polar surface area (TPSA) is 66.8 Å². The molecule has 0 aliphatic rings. The summed E-state index contributed by atoms with van der Waals surface area (Å²) in [5.74, 6) is 0. The Hall–Kier alpha value is -0.0300. The second kappa shape index (κ2) is 3.98. The van der Waals surface area contributed by atoms with Gasteiger partial charge < -0.3 is 9.79 Å². The maximum Gasteiger partial charge on any atom is 0.470 e. The third kappa shape index (κ3) is 4.81. The normalized spacial score (nSPS) is 12.5. The second-order valence-electron chi connectivity index (χ2n) is 1.53. The van der Waals surface area contributed by atoms with Gasteiger partial charge in [-0.15, -0.1) is 0 Å². The van der Waals surface area contributed by atoms with Crippen molar-refractivity contribution in [3.8, 4) is 0 Å². The molecule has 0 aliphatic heterocycles. The molecule has 62 valence electrons. The fourth-order valence-corrected chi connectivity index (χ4v) is 0.793. The summed E-state index contributed by atoms with van der Waals surface area (Å²) in [7, 11) is -4.73. The summed E-state index contributed by atoms with van der Waals surface area (Å²) in [5.41, 5.74) is 0. The van der Waals surface area contributed by atoms with Gasteiger partial charge in [0.1, 0.15) is 19.5 Å². The molecular weight excluding hydrogens is 169 g/mol. The van der Waals surface area contributed by atoms with Gasteiger partial charge in [-0.3, -0.25) is 4.52 Å². The Balaban J connectivity index is 3.75. The number of halogens is 2. The molecule has 0 rings (SSSR count). The summed E-state index contributed by atoms with van der Waals surface area (Å²) < 4.78 is 36.5. The monoisotopic (exact) mass is 176 g/mol. The molecule has 0 radical (unpaired) electrons. The van der Waals surface area contributed by atoms with E-state index < -0.39 is 27.3 Å². The van der Waals surface area contributed by atoms with Gasteiger partial charge in [-0.05, 0) is 0 Å². The Bertz CT molecular complexity index is 130. The van der Waals surface area contributed by atoms with Crippen molar-refractivity contribution in [3.63, 3.8) is 0 Å². The molecule has 0 saturated carbocycles. The van der Waals surface area contributed by atoms with Gasteiger partial charge >= 0.3 is 7.82 Å². The first-order valence-corrected chi connectivity index (χ1v) is 3.88. The van der Waals surface area contributed by atoms with Crippen LogP contribution in [-0.2, 0) is 9.09 Å². The second-order valence-corrected chi connectivity index (χ2v) is 2.72. The SMILES string of the molecule is O=P(O)(O)OC(CF)CF. The molecule has 0 aromatic heterocycles. The number of phosphoric acid groups is 1. The van der Waals surface area contributed by atoms with Crippen LogP contribution in [0.2, 0.25) is 0 Å². The highest BCUT2D eigenvalue weighted by Crippen LogP contribution is 2.37. The molecule has 0 aromatic rings. The van der Waals surface area contributed by atoms with Crippen LogP contribution in [0.15, 0.2) is 0 Å². The van der Waals surface area contributed by atoms with Crippen LogP contribution in [-0.4, -0.2) is 29.2 Å². The van der Waals surface area contributed by atoms with E-state index in [4.69, 9.17) is 9.79 Å². The lowest BCUT2D eigenvalue weighted by atomic mass is 10.4. The number of alkyl halides is 2. The molecule has 0 saturated heterocycles. The molecule has 0 amide bonds. The lowest BCUT2D eigenvalue weighted by Crippen LogP contribution is -2.15. The number of rotatable bonds is 4. The lowest BCUT2D eigenvalue weighted by molar-refractivity contribution is 0.0911. The van der Waals surface area contributed by atoms with Crippen molar-refractivity contribution in [2.24, 2.45) is 0 Å². The molecule has 0 aliphatic carbocycles. The largest absolute Gasteiger partial charge is 0.470 e. The van der Waals surface area contributed by atoms with E-state index in [1.165, 1.54) is 0 Å². The number of hydrogen-bond acceptors (Lipinski definition) is 2. The quantitative estimate of drug-likeness (QED) is 0.608. The summed E-state index contributed by atoms with van der Waals surface area (Å²) in [5, 5.41) is 0. The van der Waals surface area contributed by atoms with Gasteiger partial charge in [0.05, 0.1) is 0 Å². The summed E-state index contributed by atoms with van der Waals surface area (Å²) in [6, 6.07) is 0. The predicted octanol–water partition coefficient (Wildman–Crippen LogP) is 0.403. The standard InChI is InChI=1S/C3H7F2O4P/c4-1-3(2-5)9-10(6,7)8/h3H,1-2H2,(H2,6,7,8). The Morgan fingerprint density at radius 1 is 1.40 bits per heavy atom. The molecule has 4 nitrogen and oxygen atoms in total. The maximum absolute atomic E-state index is 11.5. The van der Waals surface area contributed by atoms with Crippen LogP contribution in [0.3, 0.4) is 0 Å². The molecule has 7 heteroatoms. The van der Waals surface area contributed by atoms with Gasteiger partial charge in [0.2, 0.25) is 0 Å². The van der Waals surface area contributed by atoms with Crippen molar-refractivity contribution in [3.05, 3.63) is 0 Å². The zero-order chi connectivity index (χ0) is 8.20. The van der Waals surface area contributed by atoms with E-state index >= 15 is 0 Å². The van der Waals surface area contributed by atoms with Crippen molar-refractivity contribution in [1.82, 2.24) is 0 Å². The third-order valence-corrected chi connectivity index (χ3v) is 1.20. The first-order chi connectivity index (χ1) is 4.49. The summed E-state index contributed by atoms with van der Waals surface area (Å²) in [4.78, 5) is 16.0. The smallest absolute Gasteiger partial charge is 0.303 e. The average molecular weight is 176 g/mol. The molecule has 0 unspecified atom stereocenters. The van der Waals surface area contributed by atoms with E-state index in [0.29, 0.717) is 0 Å². The van der Waals surface area contributed by atoms with Crippen LogP contribution in [0.5, 0.6) is 0 Å². The minimum atomic E-state index is -4.73. The van der Waals surface area contributed by atoms with Crippen LogP contribution in [0.25, 0.3) is 0 Å².